The number of carbonyl (C=O) groups excluding carboxylic acids is 2. The van der Waals surface area contributed by atoms with Gasteiger partial charge in [-0.3, -0.25) is 4.79 Å². The Balaban J connectivity index is 2.90. The molecule has 5 heteroatoms. The SMILES string of the molecule is CC(C)Cc1ccc(C(C)C(=O)C(CN(C)C)C(=O)ON)cc1. The van der Waals surface area contributed by atoms with Crippen LogP contribution in [-0.4, -0.2) is 37.3 Å². The molecule has 0 aliphatic heterocycles. The average molecular weight is 320 g/mol. The Labute approximate surface area is 138 Å². The molecule has 23 heavy (non-hydrogen) atoms. The first-order valence-electron chi connectivity index (χ1n) is 7.94. The van der Waals surface area contributed by atoms with E-state index in [0.717, 1.165) is 12.0 Å². The summed E-state index contributed by atoms with van der Waals surface area (Å²) in [5.74, 6) is 3.44. The van der Waals surface area contributed by atoms with E-state index in [2.05, 4.69) is 18.7 Å². The number of Topliss-reactive ketones (excluding diaryl/α,β-unsaturated/α-hetero) is 1. The maximum atomic E-state index is 12.7. The van der Waals surface area contributed by atoms with Crippen molar-refractivity contribution in [3.05, 3.63) is 35.4 Å². The van der Waals surface area contributed by atoms with Gasteiger partial charge >= 0.3 is 5.97 Å². The second-order valence-corrected chi connectivity index (χ2v) is 6.72. The Kier molecular flexibility index (Phi) is 7.39. The van der Waals surface area contributed by atoms with Gasteiger partial charge in [0.25, 0.3) is 0 Å². The van der Waals surface area contributed by atoms with E-state index >= 15 is 0 Å². The molecule has 0 aromatic heterocycles. The fraction of sp³-hybridized carbons (Fsp3) is 0.556. The van der Waals surface area contributed by atoms with Crippen LogP contribution < -0.4 is 5.90 Å². The Morgan fingerprint density at radius 1 is 1.13 bits per heavy atom. The van der Waals surface area contributed by atoms with Gasteiger partial charge in [-0.2, -0.15) is 5.90 Å². The number of hydrogen-bond acceptors (Lipinski definition) is 5. The fourth-order valence-corrected chi connectivity index (χ4v) is 2.61. The first-order chi connectivity index (χ1) is 10.8. The van der Waals surface area contributed by atoms with Gasteiger partial charge in [0.1, 0.15) is 5.92 Å². The molecule has 2 N–H and O–H groups in total. The van der Waals surface area contributed by atoms with E-state index in [-0.39, 0.29) is 18.2 Å². The van der Waals surface area contributed by atoms with Crippen LogP contribution in [0.25, 0.3) is 0 Å². The minimum atomic E-state index is -0.875. The van der Waals surface area contributed by atoms with E-state index in [0.29, 0.717) is 5.92 Å². The molecule has 0 aliphatic rings. The summed E-state index contributed by atoms with van der Waals surface area (Å²) in [6, 6.07) is 8.00. The van der Waals surface area contributed by atoms with Crippen molar-refractivity contribution in [3.8, 4) is 0 Å². The molecule has 0 spiro atoms. The molecule has 0 amide bonds. The van der Waals surface area contributed by atoms with Crippen LogP contribution in [0.4, 0.5) is 0 Å². The normalized spacial score (nSPS) is 13.9. The number of carbonyl (C=O) groups is 2. The largest absolute Gasteiger partial charge is 0.373 e. The third kappa shape index (κ3) is 5.77. The van der Waals surface area contributed by atoms with E-state index in [1.807, 2.05) is 31.2 Å². The molecule has 0 aliphatic carbocycles. The van der Waals surface area contributed by atoms with Crippen molar-refractivity contribution in [2.24, 2.45) is 17.7 Å². The van der Waals surface area contributed by atoms with Gasteiger partial charge in [0.15, 0.2) is 5.78 Å². The van der Waals surface area contributed by atoms with Crippen molar-refractivity contribution in [2.45, 2.75) is 33.1 Å². The van der Waals surface area contributed by atoms with Crippen LogP contribution in [-0.2, 0) is 20.8 Å². The van der Waals surface area contributed by atoms with Crippen LogP contribution in [0.1, 0.15) is 37.8 Å². The molecule has 0 radical (unpaired) electrons. The van der Waals surface area contributed by atoms with Gasteiger partial charge in [0, 0.05) is 12.5 Å². The van der Waals surface area contributed by atoms with E-state index in [4.69, 9.17) is 5.90 Å². The smallest absolute Gasteiger partial charge is 0.336 e. The standard InChI is InChI=1S/C18H28N2O3/c1-12(2)10-14-6-8-15(9-7-14)13(3)17(21)16(11-20(4)5)18(22)23-19/h6-9,12-13,16H,10-11,19H2,1-5H3. The number of benzene rings is 1. The predicted molar refractivity (Wildman–Crippen MR) is 90.7 cm³/mol. The van der Waals surface area contributed by atoms with Gasteiger partial charge in [-0.25, -0.2) is 4.79 Å². The molecule has 128 valence electrons. The van der Waals surface area contributed by atoms with Crippen LogP contribution >= 0.6 is 0 Å². The summed E-state index contributed by atoms with van der Waals surface area (Å²) in [6.07, 6.45) is 1.01. The summed E-state index contributed by atoms with van der Waals surface area (Å²) in [6.45, 7) is 6.44. The van der Waals surface area contributed by atoms with Crippen LogP contribution in [0.2, 0.25) is 0 Å². The van der Waals surface area contributed by atoms with Crippen molar-refractivity contribution >= 4 is 11.8 Å². The first-order valence-corrected chi connectivity index (χ1v) is 7.94. The van der Waals surface area contributed by atoms with E-state index in [1.54, 1.807) is 19.0 Å². The molecule has 0 heterocycles. The highest BCUT2D eigenvalue weighted by molar-refractivity contribution is 6.02. The zero-order chi connectivity index (χ0) is 17.6. The number of nitrogens with zero attached hydrogens (tertiary/aromatic N) is 1. The lowest BCUT2D eigenvalue weighted by atomic mass is 9.87. The van der Waals surface area contributed by atoms with Crippen molar-refractivity contribution in [1.29, 1.82) is 0 Å². The summed E-state index contributed by atoms with van der Waals surface area (Å²) in [4.78, 5) is 30.5. The molecule has 0 bridgehead atoms. The summed E-state index contributed by atoms with van der Waals surface area (Å²) in [7, 11) is 3.60. The molecule has 2 atom stereocenters. The maximum Gasteiger partial charge on any atom is 0.336 e. The molecule has 5 nitrogen and oxygen atoms in total. The molecule has 1 rings (SSSR count). The topological polar surface area (TPSA) is 72.6 Å². The highest BCUT2D eigenvalue weighted by atomic mass is 16.7. The van der Waals surface area contributed by atoms with Gasteiger partial charge in [-0.1, -0.05) is 45.0 Å². The Bertz CT molecular complexity index is 524. The highest BCUT2D eigenvalue weighted by Crippen LogP contribution is 2.22. The maximum absolute atomic E-state index is 12.7. The minimum absolute atomic E-state index is 0.175. The van der Waals surface area contributed by atoms with Crippen LogP contribution in [0, 0.1) is 11.8 Å². The Morgan fingerprint density at radius 3 is 2.13 bits per heavy atom. The lowest BCUT2D eigenvalue weighted by Crippen LogP contribution is -2.38. The van der Waals surface area contributed by atoms with Gasteiger partial charge in [-0.15, -0.1) is 0 Å². The van der Waals surface area contributed by atoms with Crippen LogP contribution in [0.5, 0.6) is 0 Å². The summed E-state index contributed by atoms with van der Waals surface area (Å²) < 4.78 is 0. The van der Waals surface area contributed by atoms with E-state index < -0.39 is 11.9 Å². The third-order valence-corrected chi connectivity index (χ3v) is 3.84. The molecular weight excluding hydrogens is 292 g/mol. The molecule has 1 aromatic carbocycles. The van der Waals surface area contributed by atoms with Crippen LogP contribution in [0.3, 0.4) is 0 Å². The molecule has 2 unspecified atom stereocenters. The highest BCUT2D eigenvalue weighted by Gasteiger charge is 2.32. The minimum Gasteiger partial charge on any atom is -0.373 e. The third-order valence-electron chi connectivity index (χ3n) is 3.84. The second kappa shape index (κ2) is 8.79. The lowest BCUT2D eigenvalue weighted by Gasteiger charge is -2.21. The summed E-state index contributed by atoms with van der Waals surface area (Å²) >= 11 is 0. The first kappa shape index (κ1) is 19.3. The van der Waals surface area contributed by atoms with E-state index in [1.165, 1.54) is 5.56 Å². The van der Waals surface area contributed by atoms with Crippen molar-refractivity contribution in [3.63, 3.8) is 0 Å². The molecule has 0 saturated heterocycles. The van der Waals surface area contributed by atoms with Gasteiger partial charge in [-0.05, 0) is 37.6 Å². The van der Waals surface area contributed by atoms with Crippen molar-refractivity contribution in [1.82, 2.24) is 4.90 Å². The van der Waals surface area contributed by atoms with Gasteiger partial charge in [0.2, 0.25) is 0 Å². The molecule has 0 fully saturated rings. The summed E-state index contributed by atoms with van der Waals surface area (Å²) in [5.41, 5.74) is 2.14. The van der Waals surface area contributed by atoms with Crippen molar-refractivity contribution in [2.75, 3.05) is 20.6 Å². The summed E-state index contributed by atoms with van der Waals surface area (Å²) in [5, 5.41) is 0. The quantitative estimate of drug-likeness (QED) is 0.587. The molecule has 0 saturated carbocycles. The molecular formula is C18H28N2O3. The Morgan fingerprint density at radius 2 is 1.70 bits per heavy atom. The number of hydrogen-bond donors (Lipinski definition) is 1. The van der Waals surface area contributed by atoms with Crippen LogP contribution in [0.15, 0.2) is 24.3 Å². The van der Waals surface area contributed by atoms with Gasteiger partial charge in [0.05, 0.1) is 0 Å². The predicted octanol–water partition coefficient (Wildman–Crippen LogP) is 2.15. The zero-order valence-corrected chi connectivity index (χ0v) is 14.7. The van der Waals surface area contributed by atoms with Crippen molar-refractivity contribution < 1.29 is 14.4 Å². The zero-order valence-electron chi connectivity index (χ0n) is 14.7. The average Bonchev–Trinajstić information content (AvgIpc) is 2.50. The second-order valence-electron chi connectivity index (χ2n) is 6.72. The number of nitrogens with two attached hydrogens (primary N) is 1. The number of ketones is 1. The molecule has 1 aromatic rings. The number of rotatable bonds is 8. The van der Waals surface area contributed by atoms with Gasteiger partial charge < -0.3 is 9.74 Å². The fourth-order valence-electron chi connectivity index (χ4n) is 2.61. The van der Waals surface area contributed by atoms with E-state index in [9.17, 15) is 9.59 Å². The lowest BCUT2D eigenvalue weighted by molar-refractivity contribution is -0.153. The monoisotopic (exact) mass is 320 g/mol. The Hall–Kier alpha value is -1.72.